The van der Waals surface area contributed by atoms with Crippen LogP contribution in [0, 0.1) is 5.82 Å². The molecule has 5 nitrogen and oxygen atoms in total. The first-order chi connectivity index (χ1) is 12.2. The minimum Gasteiger partial charge on any atom is -0.494 e. The van der Waals surface area contributed by atoms with Crippen LogP contribution in [0.1, 0.15) is 36.6 Å². The van der Waals surface area contributed by atoms with Crippen molar-refractivity contribution in [2.45, 2.75) is 25.4 Å². The Morgan fingerprint density at radius 2 is 1.84 bits per heavy atom. The third-order valence-electron chi connectivity index (χ3n) is 4.48. The molecule has 0 fully saturated rings. The van der Waals surface area contributed by atoms with E-state index in [-0.39, 0.29) is 17.9 Å². The second-order valence-corrected chi connectivity index (χ2v) is 6.03. The Bertz CT molecular complexity index is 845. The van der Waals surface area contributed by atoms with E-state index in [1.807, 2.05) is 35.9 Å². The van der Waals surface area contributed by atoms with Crippen molar-refractivity contribution in [1.82, 2.24) is 14.8 Å². The van der Waals surface area contributed by atoms with Gasteiger partial charge < -0.3 is 10.1 Å². The van der Waals surface area contributed by atoms with Gasteiger partial charge in [-0.1, -0.05) is 24.3 Å². The summed E-state index contributed by atoms with van der Waals surface area (Å²) in [7, 11) is 0. The van der Waals surface area contributed by atoms with E-state index < -0.39 is 0 Å². The highest BCUT2D eigenvalue weighted by molar-refractivity contribution is 5.39. The summed E-state index contributed by atoms with van der Waals surface area (Å²) in [6.45, 7) is 2.61. The molecule has 1 N–H and O–H groups in total. The molecular formula is C19H19FN4O. The SMILES string of the molecule is CCOc1ccc([C@H]2C[C@H](c3ccc(F)cc3)Nc3ncnn32)cc1. The zero-order valence-corrected chi connectivity index (χ0v) is 13.9. The van der Waals surface area contributed by atoms with Gasteiger partial charge in [0.15, 0.2) is 0 Å². The normalized spacial score (nSPS) is 19.1. The monoisotopic (exact) mass is 338 g/mol. The highest BCUT2D eigenvalue weighted by Crippen LogP contribution is 2.37. The maximum Gasteiger partial charge on any atom is 0.222 e. The molecule has 25 heavy (non-hydrogen) atoms. The largest absolute Gasteiger partial charge is 0.494 e. The van der Waals surface area contributed by atoms with E-state index >= 15 is 0 Å². The molecule has 0 amide bonds. The zero-order chi connectivity index (χ0) is 17.2. The highest BCUT2D eigenvalue weighted by Gasteiger charge is 2.29. The average molecular weight is 338 g/mol. The Morgan fingerprint density at radius 1 is 1.12 bits per heavy atom. The summed E-state index contributed by atoms with van der Waals surface area (Å²) in [6.07, 6.45) is 2.35. The van der Waals surface area contributed by atoms with Gasteiger partial charge in [0, 0.05) is 0 Å². The summed E-state index contributed by atoms with van der Waals surface area (Å²) in [6, 6.07) is 14.8. The van der Waals surface area contributed by atoms with Gasteiger partial charge in [-0.15, -0.1) is 0 Å². The molecular weight excluding hydrogens is 319 g/mol. The fourth-order valence-electron chi connectivity index (χ4n) is 3.26. The van der Waals surface area contributed by atoms with Crippen LogP contribution >= 0.6 is 0 Å². The summed E-state index contributed by atoms with van der Waals surface area (Å²) in [5.41, 5.74) is 2.18. The number of benzene rings is 2. The Balaban J connectivity index is 1.65. The highest BCUT2D eigenvalue weighted by atomic mass is 19.1. The van der Waals surface area contributed by atoms with Crippen molar-refractivity contribution < 1.29 is 9.13 Å². The maximum absolute atomic E-state index is 13.2. The van der Waals surface area contributed by atoms with E-state index in [2.05, 4.69) is 27.5 Å². The minimum absolute atomic E-state index is 0.0499. The average Bonchev–Trinajstić information content (AvgIpc) is 3.11. The number of halogens is 1. The molecule has 0 saturated carbocycles. The van der Waals surface area contributed by atoms with Crippen molar-refractivity contribution in [3.63, 3.8) is 0 Å². The lowest BCUT2D eigenvalue weighted by atomic mass is 9.93. The molecule has 4 rings (SSSR count). The van der Waals surface area contributed by atoms with Gasteiger partial charge in [-0.25, -0.2) is 9.07 Å². The van der Waals surface area contributed by atoms with Crippen LogP contribution < -0.4 is 10.1 Å². The fraction of sp³-hybridized carbons (Fsp3) is 0.263. The Labute approximate surface area is 145 Å². The van der Waals surface area contributed by atoms with Gasteiger partial charge in [0.05, 0.1) is 18.7 Å². The molecule has 0 bridgehead atoms. The van der Waals surface area contributed by atoms with Crippen LogP contribution in [-0.2, 0) is 0 Å². The summed E-state index contributed by atoms with van der Waals surface area (Å²) in [5.74, 6) is 1.35. The first-order valence-corrected chi connectivity index (χ1v) is 8.39. The standard InChI is InChI=1S/C19H19FN4O/c1-2-25-16-9-5-14(6-10-16)18-11-17(13-3-7-15(20)8-4-13)23-19-21-12-22-24(18)19/h3-10,12,17-18H,2,11H2,1H3,(H,21,22,23)/t17-,18-/m1/s1. The van der Waals surface area contributed by atoms with Gasteiger partial charge in [0.25, 0.3) is 0 Å². The molecule has 1 aromatic heterocycles. The molecule has 0 spiro atoms. The molecule has 0 saturated heterocycles. The van der Waals surface area contributed by atoms with Crippen molar-refractivity contribution in [2.24, 2.45) is 0 Å². The zero-order valence-electron chi connectivity index (χ0n) is 13.9. The molecule has 0 radical (unpaired) electrons. The van der Waals surface area contributed by atoms with Gasteiger partial charge >= 0.3 is 0 Å². The Kier molecular flexibility index (Phi) is 4.09. The number of aromatic nitrogens is 3. The second-order valence-electron chi connectivity index (χ2n) is 6.03. The van der Waals surface area contributed by atoms with Crippen LogP contribution in [0.2, 0.25) is 0 Å². The third-order valence-corrected chi connectivity index (χ3v) is 4.48. The number of nitrogens with one attached hydrogen (secondary N) is 1. The van der Waals surface area contributed by atoms with Crippen molar-refractivity contribution in [3.05, 3.63) is 71.8 Å². The first-order valence-electron chi connectivity index (χ1n) is 8.39. The fourth-order valence-corrected chi connectivity index (χ4v) is 3.26. The minimum atomic E-state index is -0.231. The molecule has 6 heteroatoms. The van der Waals surface area contributed by atoms with Crippen LogP contribution in [0.25, 0.3) is 0 Å². The van der Waals surface area contributed by atoms with Gasteiger partial charge in [0.2, 0.25) is 5.95 Å². The van der Waals surface area contributed by atoms with E-state index in [9.17, 15) is 4.39 Å². The topological polar surface area (TPSA) is 52.0 Å². The predicted octanol–water partition coefficient (Wildman–Crippen LogP) is 3.96. The van der Waals surface area contributed by atoms with E-state index in [0.29, 0.717) is 6.61 Å². The number of fused-ring (bicyclic) bond motifs is 1. The molecule has 3 aromatic rings. The van der Waals surface area contributed by atoms with Crippen LogP contribution in [0.5, 0.6) is 5.75 Å². The van der Waals surface area contributed by atoms with E-state index in [0.717, 1.165) is 29.2 Å². The summed E-state index contributed by atoms with van der Waals surface area (Å²) in [5, 5.41) is 7.75. The summed E-state index contributed by atoms with van der Waals surface area (Å²) in [4.78, 5) is 4.31. The molecule has 2 aromatic carbocycles. The molecule has 0 aliphatic carbocycles. The van der Waals surface area contributed by atoms with Gasteiger partial charge in [-0.2, -0.15) is 10.1 Å². The lowest BCUT2D eigenvalue weighted by molar-refractivity contribution is 0.340. The van der Waals surface area contributed by atoms with Gasteiger partial charge in [0.1, 0.15) is 17.9 Å². The van der Waals surface area contributed by atoms with Crippen molar-refractivity contribution in [3.8, 4) is 5.75 Å². The van der Waals surface area contributed by atoms with E-state index in [4.69, 9.17) is 4.74 Å². The molecule has 0 unspecified atom stereocenters. The van der Waals surface area contributed by atoms with Crippen LogP contribution in [0.3, 0.4) is 0 Å². The molecule has 1 aliphatic heterocycles. The number of hydrogen-bond donors (Lipinski definition) is 1. The molecule has 1 aliphatic rings. The molecule has 2 atom stereocenters. The summed E-state index contributed by atoms with van der Waals surface area (Å²) < 4.78 is 20.6. The summed E-state index contributed by atoms with van der Waals surface area (Å²) >= 11 is 0. The van der Waals surface area contributed by atoms with Crippen LogP contribution in [-0.4, -0.2) is 21.4 Å². The number of rotatable bonds is 4. The first kappa shape index (κ1) is 15.6. The number of ether oxygens (including phenoxy) is 1. The quantitative estimate of drug-likeness (QED) is 0.782. The van der Waals surface area contributed by atoms with Gasteiger partial charge in [-0.05, 0) is 48.7 Å². The molecule has 128 valence electrons. The van der Waals surface area contributed by atoms with Crippen LogP contribution in [0.15, 0.2) is 54.9 Å². The van der Waals surface area contributed by atoms with E-state index in [1.165, 1.54) is 12.1 Å². The van der Waals surface area contributed by atoms with Gasteiger partial charge in [-0.3, -0.25) is 0 Å². The maximum atomic E-state index is 13.2. The Hall–Kier alpha value is -2.89. The number of hydrogen-bond acceptors (Lipinski definition) is 4. The smallest absolute Gasteiger partial charge is 0.222 e. The van der Waals surface area contributed by atoms with Crippen molar-refractivity contribution in [2.75, 3.05) is 11.9 Å². The molecule has 2 heterocycles. The van der Waals surface area contributed by atoms with E-state index in [1.54, 1.807) is 6.33 Å². The Morgan fingerprint density at radius 3 is 2.56 bits per heavy atom. The van der Waals surface area contributed by atoms with Crippen molar-refractivity contribution in [1.29, 1.82) is 0 Å². The second kappa shape index (κ2) is 6.55. The third kappa shape index (κ3) is 3.07. The van der Waals surface area contributed by atoms with Crippen LogP contribution in [0.4, 0.5) is 10.3 Å². The predicted molar refractivity (Wildman–Crippen MR) is 93.2 cm³/mol. The number of nitrogens with zero attached hydrogens (tertiary/aromatic N) is 3. The lowest BCUT2D eigenvalue weighted by Gasteiger charge is -2.31. The van der Waals surface area contributed by atoms with Crippen molar-refractivity contribution >= 4 is 5.95 Å². The lowest BCUT2D eigenvalue weighted by Crippen LogP contribution is -2.28. The number of anilines is 1.